The topological polar surface area (TPSA) is 40.6 Å². The number of anilines is 1. The Morgan fingerprint density at radius 2 is 1.61 bits per heavy atom. The smallest absolute Gasteiger partial charge is 0.252 e. The molecule has 0 amide bonds. The predicted molar refractivity (Wildman–Crippen MR) is 95.7 cm³/mol. The molecule has 0 bridgehead atoms. The largest absolute Gasteiger partial charge is 0.363 e. The number of hydrogen-bond acceptors (Lipinski definition) is 4. The summed E-state index contributed by atoms with van der Waals surface area (Å²) < 4.78 is 27.8. The summed E-state index contributed by atoms with van der Waals surface area (Å²) in [6.07, 6.45) is 0. The first-order valence-corrected chi connectivity index (χ1v) is 10.0. The number of nitrogens with zero attached hydrogens (tertiary/aromatic N) is 2. The summed E-state index contributed by atoms with van der Waals surface area (Å²) in [6, 6.07) is 14.1. The van der Waals surface area contributed by atoms with Crippen LogP contribution >= 0.6 is 11.3 Å². The maximum atomic E-state index is 12.9. The second kappa shape index (κ2) is 6.26. The van der Waals surface area contributed by atoms with E-state index in [-0.39, 0.29) is 12.1 Å². The molecule has 2 unspecified atom stereocenters. The monoisotopic (exact) mass is 350 g/mol. The van der Waals surface area contributed by atoms with Gasteiger partial charge in [0, 0.05) is 35.7 Å². The van der Waals surface area contributed by atoms with Crippen LogP contribution < -0.4 is 4.90 Å². The van der Waals surface area contributed by atoms with E-state index in [2.05, 4.69) is 30.9 Å². The molecule has 23 heavy (non-hydrogen) atoms. The number of rotatable bonds is 3. The van der Waals surface area contributed by atoms with Crippen molar-refractivity contribution >= 4 is 27.0 Å². The third-order valence-corrected chi connectivity index (χ3v) is 7.55. The van der Waals surface area contributed by atoms with Crippen molar-refractivity contribution < 1.29 is 8.42 Å². The summed E-state index contributed by atoms with van der Waals surface area (Å²) in [5.74, 6) is 0. The SMILES string of the molecule is Cc1ccc(S(=O)(=O)N2CC(C)N(c3ccccc3)C(C)C2)s1. The summed E-state index contributed by atoms with van der Waals surface area (Å²) in [6.45, 7) is 7.13. The maximum Gasteiger partial charge on any atom is 0.252 e. The number of hydrogen-bond donors (Lipinski definition) is 0. The van der Waals surface area contributed by atoms with Crippen molar-refractivity contribution in [3.63, 3.8) is 0 Å². The number of piperazine rings is 1. The zero-order valence-electron chi connectivity index (χ0n) is 13.6. The second-order valence-electron chi connectivity index (χ2n) is 6.13. The number of benzene rings is 1. The third kappa shape index (κ3) is 3.16. The Morgan fingerprint density at radius 3 is 2.13 bits per heavy atom. The van der Waals surface area contributed by atoms with Gasteiger partial charge in [-0.3, -0.25) is 0 Å². The van der Waals surface area contributed by atoms with Crippen LogP contribution in [-0.4, -0.2) is 37.9 Å². The molecule has 2 atom stereocenters. The van der Waals surface area contributed by atoms with E-state index in [1.54, 1.807) is 10.4 Å². The van der Waals surface area contributed by atoms with Crippen molar-refractivity contribution in [3.8, 4) is 0 Å². The highest BCUT2D eigenvalue weighted by Crippen LogP contribution is 2.30. The molecular formula is C17H22N2O2S2. The van der Waals surface area contributed by atoms with Gasteiger partial charge in [0.05, 0.1) is 0 Å². The molecule has 1 aromatic carbocycles. The molecule has 1 aliphatic rings. The highest BCUT2D eigenvalue weighted by atomic mass is 32.2. The van der Waals surface area contributed by atoms with Crippen LogP contribution in [0.1, 0.15) is 18.7 Å². The van der Waals surface area contributed by atoms with E-state index in [1.165, 1.54) is 11.3 Å². The minimum absolute atomic E-state index is 0.136. The van der Waals surface area contributed by atoms with Gasteiger partial charge in [-0.25, -0.2) is 8.42 Å². The van der Waals surface area contributed by atoms with Gasteiger partial charge in [-0.1, -0.05) is 18.2 Å². The molecule has 3 rings (SSSR count). The van der Waals surface area contributed by atoms with Crippen LogP contribution in [0, 0.1) is 6.92 Å². The first-order valence-electron chi connectivity index (χ1n) is 7.79. The fourth-order valence-corrected chi connectivity index (χ4v) is 6.30. The molecule has 0 aliphatic carbocycles. The fourth-order valence-electron chi connectivity index (χ4n) is 3.26. The van der Waals surface area contributed by atoms with Crippen molar-refractivity contribution in [2.45, 2.75) is 37.1 Å². The summed E-state index contributed by atoms with van der Waals surface area (Å²) >= 11 is 1.34. The van der Waals surface area contributed by atoms with Gasteiger partial charge in [-0.15, -0.1) is 11.3 Å². The molecule has 1 saturated heterocycles. The first kappa shape index (κ1) is 16.5. The van der Waals surface area contributed by atoms with Gasteiger partial charge in [0.25, 0.3) is 10.0 Å². The highest BCUT2D eigenvalue weighted by molar-refractivity contribution is 7.91. The van der Waals surface area contributed by atoms with Gasteiger partial charge in [0.2, 0.25) is 0 Å². The van der Waals surface area contributed by atoms with Gasteiger partial charge < -0.3 is 4.90 Å². The highest BCUT2D eigenvalue weighted by Gasteiger charge is 2.36. The molecule has 4 nitrogen and oxygen atoms in total. The Morgan fingerprint density at radius 1 is 1.00 bits per heavy atom. The lowest BCUT2D eigenvalue weighted by atomic mass is 10.1. The van der Waals surface area contributed by atoms with Crippen molar-refractivity contribution in [2.24, 2.45) is 0 Å². The van der Waals surface area contributed by atoms with Crippen molar-refractivity contribution in [1.82, 2.24) is 4.31 Å². The van der Waals surface area contributed by atoms with Gasteiger partial charge in [-0.2, -0.15) is 4.31 Å². The number of thiophene rings is 1. The Labute approximate surface area is 142 Å². The first-order chi connectivity index (χ1) is 10.9. The molecule has 1 aromatic heterocycles. The van der Waals surface area contributed by atoms with Gasteiger partial charge in [-0.05, 0) is 45.0 Å². The summed E-state index contributed by atoms with van der Waals surface area (Å²) in [5.41, 5.74) is 1.15. The minimum Gasteiger partial charge on any atom is -0.363 e. The Balaban J connectivity index is 1.84. The van der Waals surface area contributed by atoms with Crippen LogP contribution in [0.2, 0.25) is 0 Å². The van der Waals surface area contributed by atoms with E-state index in [1.807, 2.05) is 31.2 Å². The molecule has 1 fully saturated rings. The van der Waals surface area contributed by atoms with Crippen LogP contribution in [0.15, 0.2) is 46.7 Å². The Kier molecular flexibility index (Phi) is 4.49. The Hall–Kier alpha value is -1.37. The summed E-state index contributed by atoms with van der Waals surface area (Å²) in [4.78, 5) is 3.33. The minimum atomic E-state index is -3.39. The lowest BCUT2D eigenvalue weighted by molar-refractivity contribution is 0.302. The van der Waals surface area contributed by atoms with E-state index >= 15 is 0 Å². The molecular weight excluding hydrogens is 328 g/mol. The summed E-state index contributed by atoms with van der Waals surface area (Å²) in [7, 11) is -3.39. The van der Waals surface area contributed by atoms with Crippen molar-refractivity contribution in [1.29, 1.82) is 0 Å². The molecule has 124 valence electrons. The molecule has 1 aliphatic heterocycles. The molecule has 0 radical (unpaired) electrons. The lowest BCUT2D eigenvalue weighted by Gasteiger charge is -2.45. The molecule has 0 spiro atoms. The van der Waals surface area contributed by atoms with E-state index in [9.17, 15) is 8.42 Å². The fraction of sp³-hybridized carbons (Fsp3) is 0.412. The maximum absolute atomic E-state index is 12.9. The van der Waals surface area contributed by atoms with Gasteiger partial charge in [0.1, 0.15) is 4.21 Å². The quantitative estimate of drug-likeness (QED) is 0.852. The third-order valence-electron chi connectivity index (χ3n) is 4.25. The van der Waals surface area contributed by atoms with Gasteiger partial charge >= 0.3 is 0 Å². The zero-order valence-corrected chi connectivity index (χ0v) is 15.3. The van der Waals surface area contributed by atoms with Crippen LogP contribution in [0.4, 0.5) is 5.69 Å². The lowest BCUT2D eigenvalue weighted by Crippen LogP contribution is -2.58. The molecule has 2 heterocycles. The normalized spacial score (nSPS) is 23.2. The molecule has 2 aromatic rings. The van der Waals surface area contributed by atoms with Crippen LogP contribution in [0.3, 0.4) is 0 Å². The van der Waals surface area contributed by atoms with Crippen LogP contribution in [0.25, 0.3) is 0 Å². The van der Waals surface area contributed by atoms with Crippen molar-refractivity contribution in [3.05, 3.63) is 47.3 Å². The van der Waals surface area contributed by atoms with E-state index < -0.39 is 10.0 Å². The number of para-hydroxylation sites is 1. The standard InChI is InChI=1S/C17H22N2O2S2/c1-13-11-18(23(20,21)17-10-9-15(3)22-17)12-14(2)19(13)16-7-5-4-6-8-16/h4-10,13-14H,11-12H2,1-3H3. The number of aryl methyl sites for hydroxylation is 1. The molecule has 6 heteroatoms. The average Bonchev–Trinajstić information content (AvgIpc) is 2.95. The second-order valence-corrected chi connectivity index (χ2v) is 9.58. The van der Waals surface area contributed by atoms with Crippen LogP contribution in [-0.2, 0) is 10.0 Å². The van der Waals surface area contributed by atoms with E-state index in [0.29, 0.717) is 17.3 Å². The van der Waals surface area contributed by atoms with Gasteiger partial charge in [0.15, 0.2) is 0 Å². The number of sulfonamides is 1. The molecule has 0 saturated carbocycles. The predicted octanol–water partition coefficient (Wildman–Crippen LogP) is 3.34. The van der Waals surface area contributed by atoms with E-state index in [0.717, 1.165) is 10.6 Å². The average molecular weight is 351 g/mol. The van der Waals surface area contributed by atoms with E-state index in [4.69, 9.17) is 0 Å². The zero-order chi connectivity index (χ0) is 16.6. The Bertz CT molecular complexity index is 759. The summed E-state index contributed by atoms with van der Waals surface area (Å²) in [5, 5.41) is 0. The van der Waals surface area contributed by atoms with Crippen molar-refractivity contribution in [2.75, 3.05) is 18.0 Å². The van der Waals surface area contributed by atoms with Crippen LogP contribution in [0.5, 0.6) is 0 Å². The molecule has 0 N–H and O–H groups in total.